The maximum Gasteiger partial charge on any atom is 0.408 e. The molecule has 0 saturated heterocycles. The standard InChI is InChI=1S/C15H15Cl2NO3/c1-15(2,3)21-14(20)18-6-4-5-10-7-13(17)11(9-19)8-12(10)16/h7-9H,6H2,1-3H3,(H,18,20). The zero-order valence-corrected chi connectivity index (χ0v) is 13.4. The van der Waals surface area contributed by atoms with E-state index >= 15 is 0 Å². The van der Waals surface area contributed by atoms with Crippen LogP contribution in [0.3, 0.4) is 0 Å². The van der Waals surface area contributed by atoms with Crippen LogP contribution in [0, 0.1) is 11.8 Å². The summed E-state index contributed by atoms with van der Waals surface area (Å²) in [5, 5.41) is 3.10. The molecule has 0 atom stereocenters. The summed E-state index contributed by atoms with van der Waals surface area (Å²) in [6, 6.07) is 2.95. The van der Waals surface area contributed by atoms with E-state index in [0.717, 1.165) is 0 Å². The molecule has 0 unspecified atom stereocenters. The average molecular weight is 328 g/mol. The molecule has 1 aromatic rings. The molecule has 4 nitrogen and oxygen atoms in total. The van der Waals surface area contributed by atoms with Crippen LogP contribution in [-0.4, -0.2) is 24.5 Å². The maximum absolute atomic E-state index is 11.4. The van der Waals surface area contributed by atoms with Crippen molar-refractivity contribution in [1.29, 1.82) is 0 Å². The van der Waals surface area contributed by atoms with E-state index in [1.807, 2.05) is 0 Å². The van der Waals surface area contributed by atoms with Gasteiger partial charge in [0, 0.05) is 11.1 Å². The lowest BCUT2D eigenvalue weighted by Crippen LogP contribution is -2.32. The molecule has 112 valence electrons. The first-order chi connectivity index (χ1) is 9.73. The van der Waals surface area contributed by atoms with Crippen LogP contribution in [0.4, 0.5) is 4.79 Å². The predicted octanol–water partition coefficient (Wildman–Crippen LogP) is 3.68. The van der Waals surface area contributed by atoms with Crippen LogP contribution in [0.15, 0.2) is 12.1 Å². The molecule has 0 spiro atoms. The van der Waals surface area contributed by atoms with E-state index in [1.54, 1.807) is 20.8 Å². The van der Waals surface area contributed by atoms with E-state index in [0.29, 0.717) is 22.4 Å². The van der Waals surface area contributed by atoms with E-state index < -0.39 is 11.7 Å². The number of hydrogen-bond acceptors (Lipinski definition) is 3. The van der Waals surface area contributed by atoms with Gasteiger partial charge in [0.15, 0.2) is 6.29 Å². The number of aldehydes is 1. The van der Waals surface area contributed by atoms with Gasteiger partial charge in [-0.2, -0.15) is 0 Å². The minimum absolute atomic E-state index is 0.109. The van der Waals surface area contributed by atoms with Crippen LogP contribution in [0.25, 0.3) is 0 Å². The SMILES string of the molecule is CC(C)(C)OC(=O)NCC#Cc1cc(Cl)c(C=O)cc1Cl. The molecule has 6 heteroatoms. The lowest BCUT2D eigenvalue weighted by atomic mass is 10.1. The highest BCUT2D eigenvalue weighted by atomic mass is 35.5. The molecule has 0 fully saturated rings. The van der Waals surface area contributed by atoms with Crippen LogP contribution in [0.2, 0.25) is 10.0 Å². The molecule has 1 rings (SSSR count). The maximum atomic E-state index is 11.4. The first-order valence-electron chi connectivity index (χ1n) is 6.13. The molecule has 1 N–H and O–H groups in total. The lowest BCUT2D eigenvalue weighted by molar-refractivity contribution is 0.0535. The summed E-state index contributed by atoms with van der Waals surface area (Å²) in [4.78, 5) is 22.1. The van der Waals surface area contributed by atoms with E-state index in [1.165, 1.54) is 12.1 Å². The Balaban J connectivity index is 2.66. The molecule has 0 aromatic heterocycles. The van der Waals surface area contributed by atoms with Gasteiger partial charge in [-0.3, -0.25) is 4.79 Å². The highest BCUT2D eigenvalue weighted by Gasteiger charge is 2.15. The van der Waals surface area contributed by atoms with Crippen molar-refractivity contribution in [3.63, 3.8) is 0 Å². The Labute approximate surface area is 133 Å². The number of amides is 1. The van der Waals surface area contributed by atoms with Crippen LogP contribution in [0.1, 0.15) is 36.7 Å². The summed E-state index contributed by atoms with van der Waals surface area (Å²) in [5.74, 6) is 5.50. The highest BCUT2D eigenvalue weighted by Crippen LogP contribution is 2.23. The second-order valence-electron chi connectivity index (χ2n) is 5.13. The number of alkyl carbamates (subject to hydrolysis) is 1. The number of carbonyl (C=O) groups is 2. The molecule has 0 aliphatic rings. The minimum Gasteiger partial charge on any atom is -0.444 e. The summed E-state index contributed by atoms with van der Waals surface area (Å²) >= 11 is 11.9. The number of hydrogen-bond donors (Lipinski definition) is 1. The molecule has 1 aromatic carbocycles. The number of benzene rings is 1. The molecule has 1 amide bonds. The van der Waals surface area contributed by atoms with E-state index in [4.69, 9.17) is 27.9 Å². The Morgan fingerprint density at radius 1 is 1.33 bits per heavy atom. The molecule has 0 aliphatic heterocycles. The van der Waals surface area contributed by atoms with Gasteiger partial charge in [0.2, 0.25) is 0 Å². The molecular formula is C15H15Cl2NO3. The fourth-order valence-corrected chi connectivity index (χ4v) is 1.75. The fourth-order valence-electron chi connectivity index (χ4n) is 1.32. The van der Waals surface area contributed by atoms with Crippen LogP contribution < -0.4 is 5.32 Å². The molecule has 0 heterocycles. The zero-order chi connectivity index (χ0) is 16.0. The summed E-state index contributed by atoms with van der Waals surface area (Å²) in [6.07, 6.45) is 0.0763. The Morgan fingerprint density at radius 3 is 2.57 bits per heavy atom. The third kappa shape index (κ3) is 6.07. The van der Waals surface area contributed by atoms with Crippen LogP contribution in [0.5, 0.6) is 0 Å². The Morgan fingerprint density at radius 2 is 2.00 bits per heavy atom. The summed E-state index contributed by atoms with van der Waals surface area (Å²) in [6.45, 7) is 5.43. The van der Waals surface area contributed by atoms with Crippen molar-refractivity contribution in [3.05, 3.63) is 33.3 Å². The highest BCUT2D eigenvalue weighted by molar-refractivity contribution is 6.35. The topological polar surface area (TPSA) is 55.4 Å². The van der Waals surface area contributed by atoms with E-state index in [9.17, 15) is 9.59 Å². The van der Waals surface area contributed by atoms with Gasteiger partial charge in [-0.05, 0) is 32.9 Å². The molecular weight excluding hydrogens is 313 g/mol. The van der Waals surface area contributed by atoms with Gasteiger partial charge in [0.25, 0.3) is 0 Å². The third-order valence-electron chi connectivity index (χ3n) is 2.16. The average Bonchev–Trinajstić information content (AvgIpc) is 2.35. The number of carbonyl (C=O) groups excluding carboxylic acids is 2. The van der Waals surface area contributed by atoms with Crippen LogP contribution in [-0.2, 0) is 4.74 Å². The molecule has 0 aliphatic carbocycles. The lowest BCUT2D eigenvalue weighted by Gasteiger charge is -2.19. The first kappa shape index (κ1) is 17.4. The number of nitrogens with one attached hydrogen (secondary N) is 1. The second-order valence-corrected chi connectivity index (χ2v) is 5.94. The normalized spacial score (nSPS) is 10.3. The van der Waals surface area contributed by atoms with Crippen molar-refractivity contribution in [2.75, 3.05) is 6.54 Å². The third-order valence-corrected chi connectivity index (χ3v) is 2.80. The monoisotopic (exact) mass is 327 g/mol. The smallest absolute Gasteiger partial charge is 0.408 e. The van der Waals surface area contributed by atoms with Crippen molar-refractivity contribution in [2.24, 2.45) is 0 Å². The van der Waals surface area contributed by atoms with E-state index in [2.05, 4.69) is 17.2 Å². The summed E-state index contributed by atoms with van der Waals surface area (Å²) in [5.41, 5.74) is 0.233. The van der Waals surface area contributed by atoms with Gasteiger partial charge in [-0.25, -0.2) is 4.79 Å². The molecule has 21 heavy (non-hydrogen) atoms. The summed E-state index contributed by atoms with van der Waals surface area (Å²) in [7, 11) is 0. The van der Waals surface area contributed by atoms with Gasteiger partial charge >= 0.3 is 6.09 Å². The summed E-state index contributed by atoms with van der Waals surface area (Å²) < 4.78 is 5.06. The Hall–Kier alpha value is -1.70. The predicted molar refractivity (Wildman–Crippen MR) is 83.0 cm³/mol. The van der Waals surface area contributed by atoms with Gasteiger partial charge in [-0.1, -0.05) is 35.0 Å². The second kappa shape index (κ2) is 7.35. The molecule has 0 bridgehead atoms. The van der Waals surface area contributed by atoms with E-state index in [-0.39, 0.29) is 11.6 Å². The van der Waals surface area contributed by atoms with Crippen molar-refractivity contribution in [3.8, 4) is 11.8 Å². The minimum atomic E-state index is -0.557. The van der Waals surface area contributed by atoms with Gasteiger partial charge < -0.3 is 10.1 Å². The number of rotatable bonds is 2. The van der Waals surface area contributed by atoms with Crippen molar-refractivity contribution in [1.82, 2.24) is 5.32 Å². The van der Waals surface area contributed by atoms with Crippen molar-refractivity contribution >= 4 is 35.6 Å². The number of halogens is 2. The number of ether oxygens (including phenoxy) is 1. The zero-order valence-electron chi connectivity index (χ0n) is 11.9. The van der Waals surface area contributed by atoms with Gasteiger partial charge in [-0.15, -0.1) is 0 Å². The Bertz CT molecular complexity index is 610. The largest absolute Gasteiger partial charge is 0.444 e. The van der Waals surface area contributed by atoms with Gasteiger partial charge in [0.1, 0.15) is 5.60 Å². The Kier molecular flexibility index (Phi) is 6.07. The fraction of sp³-hybridized carbons (Fsp3) is 0.333. The quantitative estimate of drug-likeness (QED) is 0.665. The molecule has 0 saturated carbocycles. The van der Waals surface area contributed by atoms with Crippen LogP contribution >= 0.6 is 23.2 Å². The van der Waals surface area contributed by atoms with Crippen molar-refractivity contribution < 1.29 is 14.3 Å². The van der Waals surface area contributed by atoms with Gasteiger partial charge in [0.05, 0.1) is 16.6 Å². The van der Waals surface area contributed by atoms with Crippen molar-refractivity contribution in [2.45, 2.75) is 26.4 Å². The molecule has 0 radical (unpaired) electrons. The first-order valence-corrected chi connectivity index (χ1v) is 6.88.